The molecular formula is C8H14N2S2. The van der Waals surface area contributed by atoms with Gasteiger partial charge in [-0.2, -0.15) is 0 Å². The number of nitrogen functional groups attached to an aromatic ring is 1. The molecule has 68 valence electrons. The maximum Gasteiger partial charge on any atom is 0.151 e. The van der Waals surface area contributed by atoms with E-state index in [4.69, 9.17) is 5.73 Å². The number of anilines is 1. The molecule has 0 spiro atoms. The second-order valence-electron chi connectivity index (χ2n) is 2.85. The Morgan fingerprint density at radius 3 is 3.00 bits per heavy atom. The Bertz CT molecular complexity index is 235. The van der Waals surface area contributed by atoms with Gasteiger partial charge in [0, 0.05) is 5.75 Å². The molecule has 0 aromatic carbocycles. The Morgan fingerprint density at radius 2 is 2.50 bits per heavy atom. The Kier molecular flexibility index (Phi) is 3.88. The van der Waals surface area contributed by atoms with Crippen LogP contribution in [0.25, 0.3) is 0 Å². The highest BCUT2D eigenvalue weighted by Gasteiger charge is 2.03. The molecule has 1 aromatic rings. The molecule has 0 saturated heterocycles. The normalized spacial score (nSPS) is 13.2. The highest BCUT2D eigenvalue weighted by Crippen LogP contribution is 2.27. The van der Waals surface area contributed by atoms with Crippen LogP contribution in [0.5, 0.6) is 0 Å². The van der Waals surface area contributed by atoms with Gasteiger partial charge >= 0.3 is 0 Å². The van der Waals surface area contributed by atoms with Crippen molar-refractivity contribution in [3.8, 4) is 0 Å². The molecule has 1 unspecified atom stereocenters. The molecule has 0 saturated carbocycles. The maximum absolute atomic E-state index is 5.56. The van der Waals surface area contributed by atoms with Crippen molar-refractivity contribution >= 4 is 28.1 Å². The van der Waals surface area contributed by atoms with Crippen LogP contribution in [-0.2, 0) is 0 Å². The van der Waals surface area contributed by atoms with Crippen LogP contribution in [0, 0.1) is 5.92 Å². The van der Waals surface area contributed by atoms with Crippen LogP contribution in [0.3, 0.4) is 0 Å². The summed E-state index contributed by atoms with van der Waals surface area (Å²) in [5.41, 5.74) is 5.56. The third kappa shape index (κ3) is 3.03. The van der Waals surface area contributed by atoms with Crippen LogP contribution < -0.4 is 5.73 Å². The molecule has 1 rings (SSSR count). The van der Waals surface area contributed by atoms with Crippen LogP contribution >= 0.6 is 23.1 Å². The van der Waals surface area contributed by atoms with Crippen molar-refractivity contribution in [1.29, 1.82) is 0 Å². The van der Waals surface area contributed by atoms with Gasteiger partial charge in [-0.05, 0) is 5.92 Å². The van der Waals surface area contributed by atoms with E-state index in [0.717, 1.165) is 21.0 Å². The second kappa shape index (κ2) is 4.72. The standard InChI is InChI=1S/C8H14N2S2/c1-3-6(2)5-11-8-10-4-7(9)12-8/h4,6H,3,5,9H2,1-2H3. The molecule has 4 heteroatoms. The monoisotopic (exact) mass is 202 g/mol. The summed E-state index contributed by atoms with van der Waals surface area (Å²) in [5.74, 6) is 1.91. The van der Waals surface area contributed by atoms with Crippen LogP contribution in [-0.4, -0.2) is 10.7 Å². The number of rotatable bonds is 4. The molecule has 0 aliphatic heterocycles. The molecule has 0 fully saturated rings. The second-order valence-corrected chi connectivity index (χ2v) is 5.18. The number of hydrogen-bond donors (Lipinski definition) is 1. The van der Waals surface area contributed by atoms with Crippen molar-refractivity contribution in [2.45, 2.75) is 24.6 Å². The first-order valence-corrected chi connectivity index (χ1v) is 5.86. The first-order valence-electron chi connectivity index (χ1n) is 4.06. The Labute approximate surface area is 81.6 Å². The first-order chi connectivity index (χ1) is 5.72. The lowest BCUT2D eigenvalue weighted by Gasteiger charge is -2.04. The van der Waals surface area contributed by atoms with E-state index < -0.39 is 0 Å². The SMILES string of the molecule is CCC(C)CSc1ncc(N)s1. The highest BCUT2D eigenvalue weighted by atomic mass is 32.2. The van der Waals surface area contributed by atoms with Gasteiger partial charge in [-0.15, -0.1) is 0 Å². The van der Waals surface area contributed by atoms with Crippen molar-refractivity contribution in [3.05, 3.63) is 6.20 Å². The van der Waals surface area contributed by atoms with E-state index in [1.165, 1.54) is 6.42 Å². The number of thioether (sulfide) groups is 1. The molecule has 12 heavy (non-hydrogen) atoms. The van der Waals surface area contributed by atoms with Gasteiger partial charge in [-0.3, -0.25) is 0 Å². The van der Waals surface area contributed by atoms with E-state index in [0.29, 0.717) is 0 Å². The third-order valence-electron chi connectivity index (χ3n) is 1.69. The number of aromatic nitrogens is 1. The number of hydrogen-bond acceptors (Lipinski definition) is 4. The van der Waals surface area contributed by atoms with Gasteiger partial charge in [0.2, 0.25) is 0 Å². The summed E-state index contributed by atoms with van der Waals surface area (Å²) < 4.78 is 1.09. The van der Waals surface area contributed by atoms with Crippen LogP contribution in [0.2, 0.25) is 0 Å². The molecule has 0 aliphatic carbocycles. The summed E-state index contributed by atoms with van der Waals surface area (Å²) in [6.45, 7) is 4.46. The summed E-state index contributed by atoms with van der Waals surface area (Å²) in [6, 6.07) is 0. The lowest BCUT2D eigenvalue weighted by molar-refractivity contribution is 0.637. The molecule has 1 atom stereocenters. The molecule has 0 bridgehead atoms. The summed E-state index contributed by atoms with van der Waals surface area (Å²) >= 11 is 3.37. The Balaban J connectivity index is 2.33. The zero-order chi connectivity index (χ0) is 8.97. The molecule has 2 N–H and O–H groups in total. The average molecular weight is 202 g/mol. The lowest BCUT2D eigenvalue weighted by Crippen LogP contribution is -1.94. The van der Waals surface area contributed by atoms with Crippen LogP contribution in [0.15, 0.2) is 10.5 Å². The number of thiazole rings is 1. The molecule has 0 aliphatic rings. The molecular weight excluding hydrogens is 188 g/mol. The van der Waals surface area contributed by atoms with Crippen molar-refractivity contribution in [2.75, 3.05) is 11.5 Å². The quantitative estimate of drug-likeness (QED) is 0.763. The minimum atomic E-state index is 0.764. The Morgan fingerprint density at radius 1 is 1.75 bits per heavy atom. The van der Waals surface area contributed by atoms with Gasteiger partial charge in [0.15, 0.2) is 4.34 Å². The summed E-state index contributed by atoms with van der Waals surface area (Å²) in [6.07, 6.45) is 2.96. The predicted molar refractivity (Wildman–Crippen MR) is 56.7 cm³/mol. The summed E-state index contributed by atoms with van der Waals surface area (Å²) in [7, 11) is 0. The minimum Gasteiger partial charge on any atom is -0.389 e. The lowest BCUT2D eigenvalue weighted by atomic mass is 10.2. The van der Waals surface area contributed by atoms with E-state index in [9.17, 15) is 0 Å². The summed E-state index contributed by atoms with van der Waals surface area (Å²) in [5, 5.41) is 0.807. The molecule has 2 nitrogen and oxygen atoms in total. The van der Waals surface area contributed by atoms with E-state index in [1.807, 2.05) is 0 Å². The predicted octanol–water partition coefficient (Wildman–Crippen LogP) is 2.86. The van der Waals surface area contributed by atoms with Gasteiger partial charge in [0.25, 0.3) is 0 Å². The fourth-order valence-corrected chi connectivity index (χ4v) is 2.60. The fraction of sp³-hybridized carbons (Fsp3) is 0.625. The van der Waals surface area contributed by atoms with Gasteiger partial charge in [-0.1, -0.05) is 43.4 Å². The Hall–Kier alpha value is -0.220. The fourth-order valence-electron chi connectivity index (χ4n) is 0.668. The minimum absolute atomic E-state index is 0.764. The van der Waals surface area contributed by atoms with Gasteiger partial charge in [0.1, 0.15) is 5.00 Å². The number of nitrogens with two attached hydrogens (primary N) is 1. The molecule has 1 heterocycles. The van der Waals surface area contributed by atoms with E-state index in [-0.39, 0.29) is 0 Å². The van der Waals surface area contributed by atoms with Crippen LogP contribution in [0.4, 0.5) is 5.00 Å². The topological polar surface area (TPSA) is 38.9 Å². The largest absolute Gasteiger partial charge is 0.389 e. The zero-order valence-electron chi connectivity index (χ0n) is 7.41. The molecule has 1 aromatic heterocycles. The average Bonchev–Trinajstić information content (AvgIpc) is 2.47. The van der Waals surface area contributed by atoms with E-state index in [1.54, 1.807) is 29.3 Å². The van der Waals surface area contributed by atoms with E-state index >= 15 is 0 Å². The van der Waals surface area contributed by atoms with Crippen molar-refractivity contribution in [1.82, 2.24) is 4.98 Å². The third-order valence-corrected chi connectivity index (χ3v) is 4.00. The molecule has 0 amide bonds. The van der Waals surface area contributed by atoms with Crippen LogP contribution in [0.1, 0.15) is 20.3 Å². The van der Waals surface area contributed by atoms with Gasteiger partial charge in [-0.25, -0.2) is 4.98 Å². The number of nitrogens with zero attached hydrogens (tertiary/aromatic N) is 1. The van der Waals surface area contributed by atoms with Gasteiger partial charge in [0.05, 0.1) is 6.20 Å². The summed E-state index contributed by atoms with van der Waals surface area (Å²) in [4.78, 5) is 4.18. The van der Waals surface area contributed by atoms with Crippen molar-refractivity contribution in [2.24, 2.45) is 5.92 Å². The highest BCUT2D eigenvalue weighted by molar-refractivity contribution is 8.01. The first kappa shape index (κ1) is 9.86. The zero-order valence-corrected chi connectivity index (χ0v) is 9.04. The van der Waals surface area contributed by atoms with Crippen molar-refractivity contribution < 1.29 is 0 Å². The van der Waals surface area contributed by atoms with E-state index in [2.05, 4.69) is 18.8 Å². The van der Waals surface area contributed by atoms with Crippen molar-refractivity contribution in [3.63, 3.8) is 0 Å². The smallest absolute Gasteiger partial charge is 0.151 e. The molecule has 0 radical (unpaired) electrons. The van der Waals surface area contributed by atoms with Gasteiger partial charge < -0.3 is 5.73 Å². The maximum atomic E-state index is 5.56.